The van der Waals surface area contributed by atoms with Crippen molar-refractivity contribution in [3.8, 4) is 11.4 Å². The molecule has 5 heteroatoms. The first kappa shape index (κ1) is 18.8. The van der Waals surface area contributed by atoms with E-state index in [0.29, 0.717) is 6.04 Å². The standard InChI is InChI=1S/C21H31N5/c1-4-18-14-20(25-21(24-18)17-10-12-22-13-11-17)23-15-19(26(2)3)16-8-6-5-7-9-16/h10-14,16,19H,4-9,15H2,1-3H3,(H,23,24,25). The van der Waals surface area contributed by atoms with Gasteiger partial charge in [-0.1, -0.05) is 26.2 Å². The maximum absolute atomic E-state index is 4.76. The predicted molar refractivity (Wildman–Crippen MR) is 107 cm³/mol. The summed E-state index contributed by atoms with van der Waals surface area (Å²) in [5, 5.41) is 3.60. The lowest BCUT2D eigenvalue weighted by atomic mass is 9.83. The molecule has 1 saturated carbocycles. The number of aromatic nitrogens is 3. The lowest BCUT2D eigenvalue weighted by Gasteiger charge is -2.35. The molecular formula is C21H31N5. The highest BCUT2D eigenvalue weighted by Gasteiger charge is 2.25. The topological polar surface area (TPSA) is 53.9 Å². The highest BCUT2D eigenvalue weighted by molar-refractivity contribution is 5.56. The van der Waals surface area contributed by atoms with Gasteiger partial charge in [0.05, 0.1) is 0 Å². The van der Waals surface area contributed by atoms with Gasteiger partial charge in [0.2, 0.25) is 0 Å². The van der Waals surface area contributed by atoms with Gasteiger partial charge >= 0.3 is 0 Å². The third-order valence-corrected chi connectivity index (χ3v) is 5.43. The van der Waals surface area contributed by atoms with E-state index in [1.165, 1.54) is 32.1 Å². The number of nitrogens with one attached hydrogen (secondary N) is 1. The molecule has 3 rings (SSSR count). The number of likely N-dealkylation sites (N-methyl/N-ethyl adjacent to an activating group) is 1. The van der Waals surface area contributed by atoms with Crippen molar-refractivity contribution in [3.05, 3.63) is 36.3 Å². The van der Waals surface area contributed by atoms with Crippen LogP contribution in [-0.2, 0) is 6.42 Å². The monoisotopic (exact) mass is 353 g/mol. The summed E-state index contributed by atoms with van der Waals surface area (Å²) in [5.41, 5.74) is 2.07. The highest BCUT2D eigenvalue weighted by Crippen LogP contribution is 2.28. The molecule has 0 saturated heterocycles. The number of hydrogen-bond acceptors (Lipinski definition) is 5. The number of nitrogens with zero attached hydrogens (tertiary/aromatic N) is 4. The first-order valence-corrected chi connectivity index (χ1v) is 9.86. The van der Waals surface area contributed by atoms with Gasteiger partial charge < -0.3 is 10.2 Å². The second-order valence-electron chi connectivity index (χ2n) is 7.47. The zero-order valence-electron chi connectivity index (χ0n) is 16.3. The quantitative estimate of drug-likeness (QED) is 0.815. The van der Waals surface area contributed by atoms with Crippen LogP contribution in [0, 0.1) is 5.92 Å². The van der Waals surface area contributed by atoms with Crippen LogP contribution in [0.3, 0.4) is 0 Å². The molecule has 2 aromatic rings. The Morgan fingerprint density at radius 1 is 1.12 bits per heavy atom. The minimum Gasteiger partial charge on any atom is -0.368 e. The molecule has 2 heterocycles. The molecule has 0 spiro atoms. The highest BCUT2D eigenvalue weighted by atomic mass is 15.1. The van der Waals surface area contributed by atoms with Gasteiger partial charge in [0.25, 0.3) is 0 Å². The average molecular weight is 354 g/mol. The van der Waals surface area contributed by atoms with E-state index in [0.717, 1.165) is 41.8 Å². The zero-order chi connectivity index (χ0) is 18.4. The van der Waals surface area contributed by atoms with E-state index >= 15 is 0 Å². The molecule has 1 unspecified atom stereocenters. The molecule has 0 amide bonds. The van der Waals surface area contributed by atoms with Crippen LogP contribution in [0.15, 0.2) is 30.6 Å². The summed E-state index contributed by atoms with van der Waals surface area (Å²) in [4.78, 5) is 15.9. The maximum atomic E-state index is 4.76. The van der Waals surface area contributed by atoms with Crippen molar-refractivity contribution in [2.24, 2.45) is 5.92 Å². The molecule has 0 aliphatic heterocycles. The summed E-state index contributed by atoms with van der Waals surface area (Å²) in [5.74, 6) is 2.47. The molecule has 0 radical (unpaired) electrons. The first-order chi connectivity index (χ1) is 12.7. The number of aryl methyl sites for hydroxylation is 1. The summed E-state index contributed by atoms with van der Waals surface area (Å²) in [6.07, 6.45) is 11.3. The van der Waals surface area contributed by atoms with Crippen LogP contribution in [-0.4, -0.2) is 46.5 Å². The summed E-state index contributed by atoms with van der Waals surface area (Å²) < 4.78 is 0. The molecule has 140 valence electrons. The molecule has 1 aliphatic carbocycles. The maximum Gasteiger partial charge on any atom is 0.161 e. The number of hydrogen-bond donors (Lipinski definition) is 1. The second kappa shape index (κ2) is 9.08. The molecule has 1 atom stereocenters. The van der Waals surface area contributed by atoms with E-state index in [4.69, 9.17) is 4.98 Å². The fourth-order valence-corrected chi connectivity index (χ4v) is 3.90. The molecule has 2 aromatic heterocycles. The van der Waals surface area contributed by atoms with Crippen LogP contribution >= 0.6 is 0 Å². The Bertz CT molecular complexity index is 680. The molecular weight excluding hydrogens is 322 g/mol. The Balaban J connectivity index is 1.75. The molecule has 1 aliphatic rings. The van der Waals surface area contributed by atoms with E-state index in [1.807, 2.05) is 12.1 Å². The number of anilines is 1. The minimum atomic E-state index is 0.541. The normalized spacial score (nSPS) is 16.6. The minimum absolute atomic E-state index is 0.541. The van der Waals surface area contributed by atoms with Crippen molar-refractivity contribution in [1.29, 1.82) is 0 Å². The van der Waals surface area contributed by atoms with Gasteiger partial charge in [-0.15, -0.1) is 0 Å². The number of pyridine rings is 1. The lowest BCUT2D eigenvalue weighted by Crippen LogP contribution is -2.41. The van der Waals surface area contributed by atoms with E-state index in [-0.39, 0.29) is 0 Å². The Morgan fingerprint density at radius 2 is 1.85 bits per heavy atom. The van der Waals surface area contributed by atoms with Crippen LogP contribution in [0.1, 0.15) is 44.7 Å². The number of rotatable bonds is 7. The smallest absolute Gasteiger partial charge is 0.161 e. The Morgan fingerprint density at radius 3 is 2.50 bits per heavy atom. The summed E-state index contributed by atoms with van der Waals surface area (Å²) in [6, 6.07) is 6.55. The van der Waals surface area contributed by atoms with Crippen molar-refractivity contribution in [3.63, 3.8) is 0 Å². The lowest BCUT2D eigenvalue weighted by molar-refractivity contribution is 0.179. The molecule has 1 N–H and O–H groups in total. The van der Waals surface area contributed by atoms with Crippen molar-refractivity contribution >= 4 is 5.82 Å². The first-order valence-electron chi connectivity index (χ1n) is 9.86. The van der Waals surface area contributed by atoms with Crippen molar-refractivity contribution in [1.82, 2.24) is 19.9 Å². The van der Waals surface area contributed by atoms with Gasteiger partial charge in [-0.05, 0) is 51.4 Å². The molecule has 0 aromatic carbocycles. The Hall–Kier alpha value is -2.01. The summed E-state index contributed by atoms with van der Waals surface area (Å²) in [6.45, 7) is 3.06. The SMILES string of the molecule is CCc1cc(NCC(C2CCCCC2)N(C)C)nc(-c2ccncc2)n1. The zero-order valence-corrected chi connectivity index (χ0v) is 16.3. The van der Waals surface area contributed by atoms with Crippen LogP contribution in [0.25, 0.3) is 11.4 Å². The third-order valence-electron chi connectivity index (χ3n) is 5.43. The van der Waals surface area contributed by atoms with Gasteiger partial charge in [0.15, 0.2) is 5.82 Å². The van der Waals surface area contributed by atoms with Crippen LogP contribution in [0.4, 0.5) is 5.82 Å². The van der Waals surface area contributed by atoms with Crippen LogP contribution < -0.4 is 5.32 Å². The van der Waals surface area contributed by atoms with E-state index in [1.54, 1.807) is 12.4 Å². The Kier molecular flexibility index (Phi) is 6.56. The summed E-state index contributed by atoms with van der Waals surface area (Å²) in [7, 11) is 4.39. The van der Waals surface area contributed by atoms with Gasteiger partial charge in [-0.25, -0.2) is 9.97 Å². The van der Waals surface area contributed by atoms with Crippen molar-refractivity contribution in [2.75, 3.05) is 26.0 Å². The van der Waals surface area contributed by atoms with Gasteiger partial charge in [-0.3, -0.25) is 4.98 Å². The largest absolute Gasteiger partial charge is 0.368 e. The van der Waals surface area contributed by atoms with E-state index in [9.17, 15) is 0 Å². The van der Waals surface area contributed by atoms with E-state index in [2.05, 4.69) is 47.3 Å². The molecule has 1 fully saturated rings. The molecule has 0 bridgehead atoms. The fraction of sp³-hybridized carbons (Fsp3) is 0.571. The molecule has 26 heavy (non-hydrogen) atoms. The third kappa shape index (κ3) is 4.79. The van der Waals surface area contributed by atoms with Crippen LogP contribution in [0.5, 0.6) is 0 Å². The van der Waals surface area contributed by atoms with Crippen molar-refractivity contribution < 1.29 is 0 Å². The van der Waals surface area contributed by atoms with Gasteiger partial charge in [0.1, 0.15) is 5.82 Å². The Labute approximate surface area is 157 Å². The summed E-state index contributed by atoms with van der Waals surface area (Å²) >= 11 is 0. The average Bonchev–Trinajstić information content (AvgIpc) is 2.69. The van der Waals surface area contributed by atoms with Crippen molar-refractivity contribution in [2.45, 2.75) is 51.5 Å². The predicted octanol–water partition coefficient (Wildman–Crippen LogP) is 4.02. The van der Waals surface area contributed by atoms with Gasteiger partial charge in [0, 0.05) is 42.3 Å². The fourth-order valence-electron chi connectivity index (χ4n) is 3.90. The van der Waals surface area contributed by atoms with Gasteiger partial charge in [-0.2, -0.15) is 0 Å². The molecule has 5 nitrogen and oxygen atoms in total. The van der Waals surface area contributed by atoms with Crippen LogP contribution in [0.2, 0.25) is 0 Å². The second-order valence-corrected chi connectivity index (χ2v) is 7.47. The van der Waals surface area contributed by atoms with E-state index < -0.39 is 0 Å².